The average molecular weight is 273 g/mol. The first-order valence-electron chi connectivity index (χ1n) is 6.00. The van der Waals surface area contributed by atoms with E-state index in [1.165, 1.54) is 24.2 Å². The van der Waals surface area contributed by atoms with Crippen molar-refractivity contribution in [2.45, 2.75) is 32.1 Å². The van der Waals surface area contributed by atoms with Gasteiger partial charge >= 0.3 is 0 Å². The third kappa shape index (κ3) is 3.68. The number of amides is 1. The van der Waals surface area contributed by atoms with E-state index in [4.69, 9.17) is 11.6 Å². The minimum Gasteiger partial charge on any atom is -0.342 e. The average Bonchev–Trinajstić information content (AvgIpc) is 3.04. The van der Waals surface area contributed by atoms with E-state index < -0.39 is 0 Å². The lowest BCUT2D eigenvalue weighted by atomic mass is 10.3. The van der Waals surface area contributed by atoms with Gasteiger partial charge in [0.1, 0.15) is 5.01 Å². The monoisotopic (exact) mass is 272 g/mol. The SMILES string of the molecule is CCN(CC1CC1)C(=O)Cc1nc(CCl)cs1. The maximum atomic E-state index is 12.1. The van der Waals surface area contributed by atoms with Crippen LogP contribution in [0.15, 0.2) is 5.38 Å². The maximum absolute atomic E-state index is 12.1. The molecule has 1 aromatic heterocycles. The molecule has 1 fully saturated rings. The van der Waals surface area contributed by atoms with Gasteiger partial charge in [0.05, 0.1) is 18.0 Å². The van der Waals surface area contributed by atoms with Gasteiger partial charge in [-0.05, 0) is 25.7 Å². The van der Waals surface area contributed by atoms with Crippen molar-refractivity contribution in [1.82, 2.24) is 9.88 Å². The van der Waals surface area contributed by atoms with Crippen molar-refractivity contribution >= 4 is 28.8 Å². The summed E-state index contributed by atoms with van der Waals surface area (Å²) in [5, 5.41) is 2.80. The molecule has 1 aliphatic rings. The molecule has 0 bridgehead atoms. The van der Waals surface area contributed by atoms with E-state index in [1.807, 2.05) is 17.2 Å². The lowest BCUT2D eigenvalue weighted by Crippen LogP contribution is -2.33. The van der Waals surface area contributed by atoms with Gasteiger partial charge in [-0.3, -0.25) is 4.79 Å². The van der Waals surface area contributed by atoms with Crippen LogP contribution in [0.1, 0.15) is 30.5 Å². The van der Waals surface area contributed by atoms with Crippen LogP contribution in [0.2, 0.25) is 0 Å². The first-order chi connectivity index (χ1) is 8.22. The molecule has 17 heavy (non-hydrogen) atoms. The molecule has 0 aliphatic heterocycles. The molecule has 0 N–H and O–H groups in total. The van der Waals surface area contributed by atoms with Gasteiger partial charge in [0.25, 0.3) is 0 Å². The van der Waals surface area contributed by atoms with Crippen molar-refractivity contribution in [3.05, 3.63) is 16.1 Å². The standard InChI is InChI=1S/C12H17ClN2OS/c1-2-15(7-9-3-4-9)12(16)5-11-14-10(6-13)8-17-11/h8-9H,2-7H2,1H3. The van der Waals surface area contributed by atoms with Crippen LogP contribution in [-0.2, 0) is 17.1 Å². The molecule has 94 valence electrons. The second-order valence-corrected chi connectivity index (χ2v) is 5.63. The summed E-state index contributed by atoms with van der Waals surface area (Å²) < 4.78 is 0. The number of aromatic nitrogens is 1. The largest absolute Gasteiger partial charge is 0.342 e. The molecule has 2 rings (SSSR count). The molecule has 0 radical (unpaired) electrons. The molecule has 0 saturated heterocycles. The fraction of sp³-hybridized carbons (Fsp3) is 0.667. The lowest BCUT2D eigenvalue weighted by Gasteiger charge is -2.20. The van der Waals surface area contributed by atoms with Crippen LogP contribution in [0.4, 0.5) is 0 Å². The summed E-state index contributed by atoms with van der Waals surface area (Å²) in [6.45, 7) is 3.75. The van der Waals surface area contributed by atoms with Crippen LogP contribution in [0.25, 0.3) is 0 Å². The third-order valence-electron chi connectivity index (χ3n) is 2.95. The number of likely N-dealkylation sites (N-methyl/N-ethyl adjacent to an activating group) is 1. The van der Waals surface area contributed by atoms with Crippen molar-refractivity contribution in [2.24, 2.45) is 5.92 Å². The van der Waals surface area contributed by atoms with E-state index in [0.29, 0.717) is 12.3 Å². The van der Waals surface area contributed by atoms with Gasteiger partial charge in [-0.25, -0.2) is 4.98 Å². The first-order valence-corrected chi connectivity index (χ1v) is 7.41. The Kier molecular flexibility index (Phi) is 4.40. The Hall–Kier alpha value is -0.610. The van der Waals surface area contributed by atoms with E-state index in [9.17, 15) is 4.79 Å². The quantitative estimate of drug-likeness (QED) is 0.746. The fourth-order valence-electron chi connectivity index (χ4n) is 1.75. The second kappa shape index (κ2) is 5.83. The molecule has 5 heteroatoms. The zero-order valence-corrected chi connectivity index (χ0v) is 11.6. The summed E-state index contributed by atoms with van der Waals surface area (Å²) >= 11 is 7.21. The molecule has 0 spiro atoms. The third-order valence-corrected chi connectivity index (χ3v) is 4.12. The molecule has 1 amide bonds. The van der Waals surface area contributed by atoms with Gasteiger partial charge in [-0.2, -0.15) is 0 Å². The molecular formula is C12H17ClN2OS. The maximum Gasteiger partial charge on any atom is 0.229 e. The number of alkyl halides is 1. The van der Waals surface area contributed by atoms with E-state index >= 15 is 0 Å². The highest BCUT2D eigenvalue weighted by atomic mass is 35.5. The minimum absolute atomic E-state index is 0.190. The Morgan fingerprint density at radius 3 is 2.94 bits per heavy atom. The summed E-state index contributed by atoms with van der Waals surface area (Å²) in [7, 11) is 0. The van der Waals surface area contributed by atoms with Crippen molar-refractivity contribution < 1.29 is 4.79 Å². The number of hydrogen-bond acceptors (Lipinski definition) is 3. The highest BCUT2D eigenvalue weighted by molar-refractivity contribution is 7.09. The normalized spacial score (nSPS) is 14.9. The van der Waals surface area contributed by atoms with Crippen LogP contribution in [-0.4, -0.2) is 28.9 Å². The smallest absolute Gasteiger partial charge is 0.229 e. The molecule has 1 aliphatic carbocycles. The van der Waals surface area contributed by atoms with Gasteiger partial charge in [0, 0.05) is 18.5 Å². The Labute approximate surface area is 111 Å². The Morgan fingerprint density at radius 2 is 2.41 bits per heavy atom. The Bertz CT molecular complexity index is 390. The number of thiazole rings is 1. The topological polar surface area (TPSA) is 33.2 Å². The number of carbonyl (C=O) groups excluding carboxylic acids is 1. The van der Waals surface area contributed by atoms with E-state index in [1.54, 1.807) is 0 Å². The van der Waals surface area contributed by atoms with Crippen molar-refractivity contribution in [2.75, 3.05) is 13.1 Å². The van der Waals surface area contributed by atoms with Gasteiger partial charge in [0.2, 0.25) is 5.91 Å². The van der Waals surface area contributed by atoms with Crippen LogP contribution < -0.4 is 0 Å². The van der Waals surface area contributed by atoms with Crippen LogP contribution in [0.5, 0.6) is 0 Å². The molecule has 0 aromatic carbocycles. The number of nitrogens with zero attached hydrogens (tertiary/aromatic N) is 2. The summed E-state index contributed by atoms with van der Waals surface area (Å²) in [5.41, 5.74) is 0.865. The summed E-state index contributed by atoms with van der Waals surface area (Å²) in [5.74, 6) is 1.35. The molecule has 1 aromatic rings. The van der Waals surface area contributed by atoms with Gasteiger partial charge in [0.15, 0.2) is 0 Å². The summed E-state index contributed by atoms with van der Waals surface area (Å²) in [6, 6.07) is 0. The Balaban J connectivity index is 1.89. The molecule has 0 atom stereocenters. The van der Waals surface area contributed by atoms with Crippen molar-refractivity contribution in [1.29, 1.82) is 0 Å². The van der Waals surface area contributed by atoms with Gasteiger partial charge in [-0.1, -0.05) is 0 Å². The number of halogens is 1. The molecule has 3 nitrogen and oxygen atoms in total. The number of hydrogen-bond donors (Lipinski definition) is 0. The first kappa shape index (κ1) is 12.8. The summed E-state index contributed by atoms with van der Waals surface area (Å²) in [4.78, 5) is 18.3. The predicted octanol–water partition coefficient (Wildman–Crippen LogP) is 2.68. The summed E-state index contributed by atoms with van der Waals surface area (Å²) in [6.07, 6.45) is 2.97. The van der Waals surface area contributed by atoms with Crippen LogP contribution >= 0.6 is 22.9 Å². The minimum atomic E-state index is 0.190. The molecule has 1 saturated carbocycles. The molecular weight excluding hydrogens is 256 g/mol. The van der Waals surface area contributed by atoms with Crippen molar-refractivity contribution in [3.8, 4) is 0 Å². The highest BCUT2D eigenvalue weighted by Gasteiger charge is 2.26. The predicted molar refractivity (Wildman–Crippen MR) is 70.4 cm³/mol. The van der Waals surface area contributed by atoms with Crippen LogP contribution in [0.3, 0.4) is 0 Å². The van der Waals surface area contributed by atoms with E-state index in [-0.39, 0.29) is 5.91 Å². The van der Waals surface area contributed by atoms with Crippen LogP contribution in [0, 0.1) is 5.92 Å². The lowest BCUT2D eigenvalue weighted by molar-refractivity contribution is -0.130. The number of rotatable bonds is 6. The number of carbonyl (C=O) groups is 1. The molecule has 0 unspecified atom stereocenters. The highest BCUT2D eigenvalue weighted by Crippen LogP contribution is 2.29. The van der Waals surface area contributed by atoms with E-state index in [2.05, 4.69) is 4.98 Å². The van der Waals surface area contributed by atoms with Gasteiger partial charge < -0.3 is 4.90 Å². The zero-order chi connectivity index (χ0) is 12.3. The second-order valence-electron chi connectivity index (χ2n) is 4.42. The van der Waals surface area contributed by atoms with Gasteiger partial charge in [-0.15, -0.1) is 22.9 Å². The Morgan fingerprint density at radius 1 is 1.65 bits per heavy atom. The zero-order valence-electron chi connectivity index (χ0n) is 9.99. The van der Waals surface area contributed by atoms with Crippen molar-refractivity contribution in [3.63, 3.8) is 0 Å². The fourth-order valence-corrected chi connectivity index (χ4v) is 2.77. The molecule has 1 heterocycles. The van der Waals surface area contributed by atoms with E-state index in [0.717, 1.165) is 29.7 Å².